The minimum absolute atomic E-state index is 0.100. The molecule has 116 valence electrons. The number of carboxylic acid groups (broad SMARTS) is 1. The van der Waals surface area contributed by atoms with E-state index in [1.807, 2.05) is 0 Å². The minimum Gasteiger partial charge on any atom is -0.495 e. The monoisotopic (exact) mass is 315 g/mol. The second-order valence-corrected chi connectivity index (χ2v) is 6.59. The molecular formula is C13H17NO6S. The van der Waals surface area contributed by atoms with E-state index in [0.29, 0.717) is 13.0 Å². The zero-order chi connectivity index (χ0) is 15.6. The van der Waals surface area contributed by atoms with Gasteiger partial charge in [0.15, 0.2) is 0 Å². The summed E-state index contributed by atoms with van der Waals surface area (Å²) in [5.41, 5.74) is -0.100. The SMILES string of the molecule is COc1ccc(C(=O)O)cc1S(=O)(=O)N1CCC(OC)C1. The van der Waals surface area contributed by atoms with Gasteiger partial charge in [0.1, 0.15) is 10.6 Å². The van der Waals surface area contributed by atoms with Gasteiger partial charge in [-0.3, -0.25) is 0 Å². The van der Waals surface area contributed by atoms with Crippen LogP contribution in [-0.4, -0.2) is 57.2 Å². The summed E-state index contributed by atoms with van der Waals surface area (Å²) in [6.45, 7) is 0.584. The Labute approximate surface area is 123 Å². The van der Waals surface area contributed by atoms with Gasteiger partial charge in [0.25, 0.3) is 0 Å². The fourth-order valence-corrected chi connectivity index (χ4v) is 3.93. The molecule has 21 heavy (non-hydrogen) atoms. The zero-order valence-corrected chi connectivity index (χ0v) is 12.6. The number of carbonyl (C=O) groups is 1. The second kappa shape index (κ2) is 6.00. The molecule has 1 aliphatic rings. The molecule has 0 aliphatic carbocycles. The Bertz CT molecular complexity index is 642. The molecule has 1 atom stereocenters. The van der Waals surface area contributed by atoms with Crippen LogP contribution in [0.1, 0.15) is 16.8 Å². The summed E-state index contributed by atoms with van der Waals surface area (Å²) in [6, 6.07) is 3.78. The van der Waals surface area contributed by atoms with Crippen molar-refractivity contribution >= 4 is 16.0 Å². The molecular weight excluding hydrogens is 298 g/mol. The number of carboxylic acids is 1. The molecule has 2 rings (SSSR count). The van der Waals surface area contributed by atoms with Gasteiger partial charge in [-0.15, -0.1) is 0 Å². The average molecular weight is 315 g/mol. The van der Waals surface area contributed by atoms with Crippen LogP contribution in [0, 0.1) is 0 Å². The standard InChI is InChI=1S/C13H17NO6S/c1-19-10-5-6-14(8-10)21(17,18)12-7-9(13(15)16)3-4-11(12)20-2/h3-4,7,10H,5-6,8H2,1-2H3,(H,15,16). The number of aromatic carboxylic acids is 1. The molecule has 1 unspecified atom stereocenters. The van der Waals surface area contributed by atoms with Crippen LogP contribution in [0.2, 0.25) is 0 Å². The molecule has 1 aromatic carbocycles. The lowest BCUT2D eigenvalue weighted by Gasteiger charge is -2.18. The van der Waals surface area contributed by atoms with Gasteiger partial charge in [-0.1, -0.05) is 0 Å². The first-order chi connectivity index (χ1) is 9.90. The summed E-state index contributed by atoms with van der Waals surface area (Å²) in [6.07, 6.45) is 0.463. The van der Waals surface area contributed by atoms with Gasteiger partial charge in [0.05, 0.1) is 18.8 Å². The number of nitrogens with zero attached hydrogens (tertiary/aromatic N) is 1. The van der Waals surface area contributed by atoms with E-state index in [2.05, 4.69) is 0 Å². The van der Waals surface area contributed by atoms with Crippen LogP contribution in [0.4, 0.5) is 0 Å². The first-order valence-corrected chi connectivity index (χ1v) is 7.78. The van der Waals surface area contributed by atoms with Crippen LogP contribution >= 0.6 is 0 Å². The molecule has 0 amide bonds. The summed E-state index contributed by atoms with van der Waals surface area (Å²) >= 11 is 0. The smallest absolute Gasteiger partial charge is 0.335 e. The number of hydrogen-bond acceptors (Lipinski definition) is 5. The van der Waals surface area contributed by atoms with Crippen LogP contribution in [0.3, 0.4) is 0 Å². The maximum Gasteiger partial charge on any atom is 0.335 e. The predicted molar refractivity (Wildman–Crippen MR) is 74.1 cm³/mol. The maximum absolute atomic E-state index is 12.6. The highest BCUT2D eigenvalue weighted by Gasteiger charge is 2.34. The Morgan fingerprint density at radius 2 is 2.10 bits per heavy atom. The van der Waals surface area contributed by atoms with Gasteiger partial charge in [-0.25, -0.2) is 13.2 Å². The number of benzene rings is 1. The molecule has 0 aromatic heterocycles. The third-order valence-corrected chi connectivity index (χ3v) is 5.36. The van der Waals surface area contributed by atoms with Crippen molar-refractivity contribution in [1.29, 1.82) is 0 Å². The fourth-order valence-electron chi connectivity index (χ4n) is 2.26. The van der Waals surface area contributed by atoms with E-state index in [9.17, 15) is 13.2 Å². The van der Waals surface area contributed by atoms with E-state index >= 15 is 0 Å². The van der Waals surface area contributed by atoms with E-state index in [-0.39, 0.29) is 28.9 Å². The van der Waals surface area contributed by atoms with Crippen LogP contribution < -0.4 is 4.74 Å². The van der Waals surface area contributed by atoms with E-state index in [0.717, 1.165) is 6.07 Å². The van der Waals surface area contributed by atoms with E-state index < -0.39 is 16.0 Å². The van der Waals surface area contributed by atoms with Crippen molar-refractivity contribution in [1.82, 2.24) is 4.31 Å². The lowest BCUT2D eigenvalue weighted by molar-refractivity contribution is 0.0696. The molecule has 0 radical (unpaired) electrons. The Kier molecular flexibility index (Phi) is 4.50. The normalized spacial score (nSPS) is 19.6. The summed E-state index contributed by atoms with van der Waals surface area (Å²) in [4.78, 5) is 10.9. The molecule has 8 heteroatoms. The molecule has 1 saturated heterocycles. The summed E-state index contributed by atoms with van der Waals surface area (Å²) in [5, 5.41) is 9.01. The van der Waals surface area contributed by atoms with Crippen molar-refractivity contribution in [2.75, 3.05) is 27.3 Å². The third kappa shape index (κ3) is 3.02. The largest absolute Gasteiger partial charge is 0.495 e. The molecule has 1 N–H and O–H groups in total. The Hall–Kier alpha value is -1.64. The lowest BCUT2D eigenvalue weighted by atomic mass is 10.2. The van der Waals surface area contributed by atoms with E-state index in [1.165, 1.54) is 30.7 Å². The highest BCUT2D eigenvalue weighted by atomic mass is 32.2. The lowest BCUT2D eigenvalue weighted by Crippen LogP contribution is -2.30. The van der Waals surface area contributed by atoms with Crippen molar-refractivity contribution in [3.8, 4) is 5.75 Å². The first-order valence-electron chi connectivity index (χ1n) is 6.34. The number of ether oxygens (including phenoxy) is 2. The van der Waals surface area contributed by atoms with Crippen molar-refractivity contribution in [3.05, 3.63) is 23.8 Å². The van der Waals surface area contributed by atoms with Gasteiger partial charge < -0.3 is 14.6 Å². The third-order valence-electron chi connectivity index (χ3n) is 3.47. The van der Waals surface area contributed by atoms with Gasteiger partial charge in [0.2, 0.25) is 10.0 Å². The highest BCUT2D eigenvalue weighted by molar-refractivity contribution is 7.89. The van der Waals surface area contributed by atoms with Gasteiger partial charge in [0, 0.05) is 20.2 Å². The number of methoxy groups -OCH3 is 2. The van der Waals surface area contributed by atoms with Crippen LogP contribution in [0.15, 0.2) is 23.1 Å². The summed E-state index contributed by atoms with van der Waals surface area (Å²) in [7, 11) is -0.937. The highest BCUT2D eigenvalue weighted by Crippen LogP contribution is 2.30. The zero-order valence-electron chi connectivity index (χ0n) is 11.8. The fraction of sp³-hybridized carbons (Fsp3) is 0.462. The molecule has 0 spiro atoms. The van der Waals surface area contributed by atoms with Crippen molar-refractivity contribution < 1.29 is 27.8 Å². The topological polar surface area (TPSA) is 93.1 Å². The van der Waals surface area contributed by atoms with Gasteiger partial charge in [-0.05, 0) is 24.6 Å². The number of rotatable bonds is 5. The Balaban J connectivity index is 2.43. The summed E-state index contributed by atoms with van der Waals surface area (Å²) < 4.78 is 36.8. The average Bonchev–Trinajstić information content (AvgIpc) is 2.96. The molecule has 1 fully saturated rings. The van der Waals surface area contributed by atoms with E-state index in [1.54, 1.807) is 0 Å². The van der Waals surface area contributed by atoms with Crippen molar-refractivity contribution in [2.45, 2.75) is 17.4 Å². The quantitative estimate of drug-likeness (QED) is 0.864. The van der Waals surface area contributed by atoms with Gasteiger partial charge in [-0.2, -0.15) is 4.31 Å². The molecule has 7 nitrogen and oxygen atoms in total. The van der Waals surface area contributed by atoms with E-state index in [4.69, 9.17) is 14.6 Å². The van der Waals surface area contributed by atoms with Crippen LogP contribution in [0.5, 0.6) is 5.75 Å². The molecule has 1 aromatic rings. The Morgan fingerprint density at radius 1 is 1.38 bits per heavy atom. The number of sulfonamides is 1. The number of hydrogen-bond donors (Lipinski definition) is 1. The molecule has 0 bridgehead atoms. The second-order valence-electron chi connectivity index (χ2n) is 4.68. The minimum atomic E-state index is -3.82. The van der Waals surface area contributed by atoms with Crippen molar-refractivity contribution in [2.24, 2.45) is 0 Å². The molecule has 1 aliphatic heterocycles. The van der Waals surface area contributed by atoms with Gasteiger partial charge >= 0.3 is 5.97 Å². The van der Waals surface area contributed by atoms with Crippen molar-refractivity contribution in [3.63, 3.8) is 0 Å². The van der Waals surface area contributed by atoms with Crippen LogP contribution in [-0.2, 0) is 14.8 Å². The Morgan fingerprint density at radius 3 is 2.62 bits per heavy atom. The summed E-state index contributed by atoms with van der Waals surface area (Å²) in [5.74, 6) is -1.06. The first kappa shape index (κ1) is 15.7. The molecule has 1 heterocycles. The van der Waals surface area contributed by atoms with Crippen LogP contribution in [0.25, 0.3) is 0 Å². The predicted octanol–water partition coefficient (Wildman–Crippen LogP) is 0.803. The molecule has 0 saturated carbocycles. The maximum atomic E-state index is 12.6.